The number of nitrogens with zero attached hydrogens (tertiary/aromatic N) is 1. The van der Waals surface area contributed by atoms with Crippen LogP contribution in [0.2, 0.25) is 5.02 Å². The molecule has 1 amide bonds. The highest BCUT2D eigenvalue weighted by atomic mass is 35.5. The Kier molecular flexibility index (Phi) is 8.32. The van der Waals surface area contributed by atoms with Crippen LogP contribution in [0.1, 0.15) is 24.0 Å². The normalized spacial score (nSPS) is 22.9. The van der Waals surface area contributed by atoms with Gasteiger partial charge >= 0.3 is 5.97 Å². The molecule has 3 atom stereocenters. The number of benzene rings is 2. The zero-order valence-corrected chi connectivity index (χ0v) is 20.4. The molecular weight excluding hydrogens is 474 g/mol. The van der Waals surface area contributed by atoms with Gasteiger partial charge in [0.25, 0.3) is 5.91 Å². The second-order valence-electron chi connectivity index (χ2n) is 8.58. The number of amides is 1. The van der Waals surface area contributed by atoms with Crippen molar-refractivity contribution in [3.8, 4) is 0 Å². The van der Waals surface area contributed by atoms with E-state index in [1.807, 2.05) is 30.3 Å². The fourth-order valence-electron chi connectivity index (χ4n) is 4.24. The molecule has 0 radical (unpaired) electrons. The van der Waals surface area contributed by atoms with Crippen molar-refractivity contribution in [1.82, 2.24) is 4.90 Å². The first-order valence-electron chi connectivity index (χ1n) is 11.4. The van der Waals surface area contributed by atoms with Crippen LogP contribution in [0, 0.1) is 5.92 Å². The van der Waals surface area contributed by atoms with Gasteiger partial charge in [0.15, 0.2) is 0 Å². The van der Waals surface area contributed by atoms with Crippen molar-refractivity contribution >= 4 is 40.8 Å². The van der Waals surface area contributed by atoms with Crippen LogP contribution < -0.4 is 0 Å². The molecule has 2 aliphatic rings. The maximum absolute atomic E-state index is 12.9. The number of carboxylic acids is 1. The van der Waals surface area contributed by atoms with Crippen molar-refractivity contribution in [3.05, 3.63) is 71.3 Å². The Labute approximate surface area is 208 Å². The highest BCUT2D eigenvalue weighted by molar-refractivity contribution is 8.00. The lowest BCUT2D eigenvalue weighted by atomic mass is 9.97. The number of ether oxygens (including phenoxy) is 2. The zero-order chi connectivity index (χ0) is 24.1. The molecule has 6 nitrogen and oxygen atoms in total. The molecule has 2 aliphatic heterocycles. The van der Waals surface area contributed by atoms with E-state index in [1.54, 1.807) is 11.0 Å². The Morgan fingerprint density at radius 2 is 1.97 bits per heavy atom. The molecule has 0 saturated carbocycles. The minimum Gasteiger partial charge on any atom is -0.481 e. The van der Waals surface area contributed by atoms with Gasteiger partial charge in [0.05, 0.1) is 30.3 Å². The Balaban J connectivity index is 1.36. The molecule has 4 rings (SSSR count). The highest BCUT2D eigenvalue weighted by Gasteiger charge is 2.30. The largest absolute Gasteiger partial charge is 0.481 e. The third kappa shape index (κ3) is 6.21. The molecule has 0 aromatic heterocycles. The molecule has 34 heavy (non-hydrogen) atoms. The van der Waals surface area contributed by atoms with E-state index in [0.717, 1.165) is 11.3 Å². The van der Waals surface area contributed by atoms with Gasteiger partial charge in [-0.25, -0.2) is 0 Å². The van der Waals surface area contributed by atoms with Crippen molar-refractivity contribution in [2.45, 2.75) is 35.7 Å². The fourth-order valence-corrected chi connectivity index (χ4v) is 5.53. The molecule has 2 heterocycles. The molecule has 2 aromatic rings. The first-order valence-corrected chi connectivity index (χ1v) is 12.6. The number of thioether (sulfide) groups is 1. The van der Waals surface area contributed by atoms with Crippen LogP contribution in [0.3, 0.4) is 0 Å². The maximum atomic E-state index is 12.9. The lowest BCUT2D eigenvalue weighted by Crippen LogP contribution is -2.42. The smallest absolute Gasteiger partial charge is 0.308 e. The Morgan fingerprint density at radius 3 is 2.71 bits per heavy atom. The predicted molar refractivity (Wildman–Crippen MR) is 133 cm³/mol. The van der Waals surface area contributed by atoms with Crippen LogP contribution in [0.4, 0.5) is 0 Å². The number of carbonyl (C=O) groups is 2. The topological polar surface area (TPSA) is 76.1 Å². The highest BCUT2D eigenvalue weighted by Crippen LogP contribution is 2.35. The summed E-state index contributed by atoms with van der Waals surface area (Å²) in [7, 11) is 0. The molecule has 180 valence electrons. The van der Waals surface area contributed by atoms with E-state index in [-0.39, 0.29) is 24.0 Å². The maximum Gasteiger partial charge on any atom is 0.308 e. The van der Waals surface area contributed by atoms with Crippen LogP contribution in [0.25, 0.3) is 5.57 Å². The number of likely N-dealkylation sites (tertiary alicyclic amines) is 1. The number of aliphatic carboxylic acids is 1. The first-order chi connectivity index (χ1) is 16.4. The van der Waals surface area contributed by atoms with Gasteiger partial charge in [-0.15, -0.1) is 0 Å². The van der Waals surface area contributed by atoms with Gasteiger partial charge in [-0.3, -0.25) is 9.59 Å². The summed E-state index contributed by atoms with van der Waals surface area (Å²) in [6.45, 7) is 5.72. The molecule has 2 aromatic carbocycles. The summed E-state index contributed by atoms with van der Waals surface area (Å²) in [5.74, 6) is -1.65. The van der Waals surface area contributed by atoms with Crippen LogP contribution in [-0.4, -0.2) is 59.7 Å². The molecule has 1 N–H and O–H groups in total. The van der Waals surface area contributed by atoms with E-state index in [9.17, 15) is 14.7 Å². The summed E-state index contributed by atoms with van der Waals surface area (Å²) in [6, 6.07) is 15.6. The van der Waals surface area contributed by atoms with E-state index in [0.29, 0.717) is 48.8 Å². The second kappa shape index (κ2) is 11.4. The molecule has 3 unspecified atom stereocenters. The van der Waals surface area contributed by atoms with E-state index in [1.165, 1.54) is 17.3 Å². The summed E-state index contributed by atoms with van der Waals surface area (Å²) in [5.41, 5.74) is 1.96. The van der Waals surface area contributed by atoms with Gasteiger partial charge in [-0.05, 0) is 36.1 Å². The van der Waals surface area contributed by atoms with E-state index in [2.05, 4.69) is 18.7 Å². The lowest BCUT2D eigenvalue weighted by Gasteiger charge is -2.31. The zero-order valence-electron chi connectivity index (χ0n) is 18.8. The Hall–Kier alpha value is -2.32. The summed E-state index contributed by atoms with van der Waals surface area (Å²) in [5, 5.41) is 9.79. The summed E-state index contributed by atoms with van der Waals surface area (Å²) in [6.07, 6.45) is 2.01. The number of hydrogen-bond acceptors (Lipinski definition) is 5. The van der Waals surface area contributed by atoms with E-state index < -0.39 is 11.9 Å². The third-order valence-corrected chi connectivity index (χ3v) is 7.61. The average Bonchev–Trinajstić information content (AvgIpc) is 2.85. The SMILES string of the molecule is C=C(C(=O)N1CCCC(C(=O)O)C1)c1ccc(SC2COCC(Cc3ccccc3)O2)c(Cl)c1. The van der Waals surface area contributed by atoms with Gasteiger partial charge in [0, 0.05) is 30.0 Å². The Bertz CT molecular complexity index is 1050. The van der Waals surface area contributed by atoms with Crippen molar-refractivity contribution in [3.63, 3.8) is 0 Å². The first kappa shape index (κ1) is 24.8. The summed E-state index contributed by atoms with van der Waals surface area (Å²) in [4.78, 5) is 26.6. The number of rotatable bonds is 7. The summed E-state index contributed by atoms with van der Waals surface area (Å²) < 4.78 is 12.0. The van der Waals surface area contributed by atoms with Crippen LogP contribution >= 0.6 is 23.4 Å². The predicted octanol–water partition coefficient (Wildman–Crippen LogP) is 4.75. The van der Waals surface area contributed by atoms with Crippen LogP contribution in [-0.2, 0) is 25.5 Å². The van der Waals surface area contributed by atoms with Crippen molar-refractivity contribution < 1.29 is 24.2 Å². The van der Waals surface area contributed by atoms with Crippen molar-refractivity contribution in [2.24, 2.45) is 5.92 Å². The second-order valence-corrected chi connectivity index (χ2v) is 10.2. The molecule has 2 fully saturated rings. The number of piperidine rings is 1. The van der Waals surface area contributed by atoms with Crippen LogP contribution in [0.5, 0.6) is 0 Å². The van der Waals surface area contributed by atoms with Gasteiger partial charge in [0.1, 0.15) is 5.44 Å². The Morgan fingerprint density at radius 1 is 1.18 bits per heavy atom. The quantitative estimate of drug-likeness (QED) is 0.552. The molecule has 2 saturated heterocycles. The minimum absolute atomic E-state index is 0.0248. The minimum atomic E-state index is -0.868. The number of hydrogen-bond donors (Lipinski definition) is 1. The van der Waals surface area contributed by atoms with Gasteiger partial charge in [-0.1, -0.05) is 66.3 Å². The van der Waals surface area contributed by atoms with Crippen molar-refractivity contribution in [2.75, 3.05) is 26.3 Å². The van der Waals surface area contributed by atoms with Gasteiger partial charge in [0.2, 0.25) is 0 Å². The number of carbonyl (C=O) groups excluding carboxylic acids is 1. The molecular formula is C26H28ClNO5S. The van der Waals surface area contributed by atoms with Crippen LogP contribution in [0.15, 0.2) is 60.0 Å². The van der Waals surface area contributed by atoms with Crippen molar-refractivity contribution in [1.29, 1.82) is 0 Å². The monoisotopic (exact) mass is 501 g/mol. The van der Waals surface area contributed by atoms with Gasteiger partial charge in [-0.2, -0.15) is 0 Å². The molecule has 0 spiro atoms. The molecule has 0 bridgehead atoms. The third-order valence-electron chi connectivity index (χ3n) is 6.06. The van der Waals surface area contributed by atoms with Gasteiger partial charge < -0.3 is 19.5 Å². The van der Waals surface area contributed by atoms with E-state index >= 15 is 0 Å². The standard InChI is InChI=1S/C26H28ClNO5S/c1-17(25(29)28-11-5-8-20(14-28)26(30)31)19-9-10-23(22(27)13-19)34-24-16-32-15-21(33-24)12-18-6-3-2-4-7-18/h2-4,6-7,9-10,13,20-21,24H,1,5,8,11-12,14-16H2,(H,30,31). The number of halogens is 1. The summed E-state index contributed by atoms with van der Waals surface area (Å²) >= 11 is 8.05. The number of carboxylic acid groups (broad SMARTS) is 1. The molecule has 0 aliphatic carbocycles. The van der Waals surface area contributed by atoms with E-state index in [4.69, 9.17) is 21.1 Å². The molecule has 8 heteroatoms. The fraction of sp³-hybridized carbons (Fsp3) is 0.385. The lowest BCUT2D eigenvalue weighted by molar-refractivity contribution is -0.144. The average molecular weight is 502 g/mol.